The van der Waals surface area contributed by atoms with Gasteiger partial charge in [0.2, 0.25) is 0 Å². The van der Waals surface area contributed by atoms with Crippen molar-refractivity contribution in [2.45, 2.75) is 18.4 Å². The lowest BCUT2D eigenvalue weighted by molar-refractivity contribution is 0.0950. The number of rotatable bonds is 7. The lowest BCUT2D eigenvalue weighted by Crippen LogP contribution is -2.25. The fraction of sp³-hybridized carbons (Fsp3) is 0.0909. The van der Waals surface area contributed by atoms with Gasteiger partial charge in [0.1, 0.15) is 0 Å². The molecule has 1 amide bonds. The van der Waals surface area contributed by atoms with Crippen molar-refractivity contribution in [3.8, 4) is 0 Å². The number of sulfonamides is 1. The Morgan fingerprint density at radius 3 is 2.28 bits per heavy atom. The molecule has 0 heterocycles. The molecule has 0 fully saturated rings. The zero-order chi connectivity index (χ0) is 20.9. The fourth-order valence-electron chi connectivity index (χ4n) is 2.73. The molecule has 0 bridgehead atoms. The molecule has 0 aliphatic heterocycles. The van der Waals surface area contributed by atoms with Crippen molar-refractivity contribution in [2.24, 2.45) is 0 Å². The van der Waals surface area contributed by atoms with Gasteiger partial charge in [0.05, 0.1) is 16.1 Å². The van der Waals surface area contributed by atoms with Gasteiger partial charge < -0.3 is 5.32 Å². The highest BCUT2D eigenvalue weighted by molar-refractivity contribution is 7.92. The molecular formula is C22H20N2O4S. The maximum absolute atomic E-state index is 12.8. The Bertz CT molecular complexity index is 1140. The largest absolute Gasteiger partial charge is 0.348 e. The number of benzene rings is 3. The first-order valence-corrected chi connectivity index (χ1v) is 10.4. The topological polar surface area (TPSA) is 92.3 Å². The molecule has 148 valence electrons. The third kappa shape index (κ3) is 5.08. The molecule has 0 saturated heterocycles. The molecule has 0 atom stereocenters. The number of carbonyl (C=O) groups is 2. The standard InChI is InChI=1S/C22H20N2O4S/c1-16(25)18-10-7-11-19(14-18)29(27,28)24-21-13-6-5-12-20(21)22(26)23-15-17-8-3-2-4-9-17/h2-14,24H,15H2,1H3,(H,23,26). The Labute approximate surface area is 169 Å². The number of hydrogen-bond donors (Lipinski definition) is 2. The van der Waals surface area contributed by atoms with E-state index >= 15 is 0 Å². The van der Waals surface area contributed by atoms with Gasteiger partial charge in [0.15, 0.2) is 5.78 Å². The summed E-state index contributed by atoms with van der Waals surface area (Å²) in [6.07, 6.45) is 0. The summed E-state index contributed by atoms with van der Waals surface area (Å²) in [7, 11) is -3.97. The van der Waals surface area contributed by atoms with E-state index in [1.54, 1.807) is 24.3 Å². The number of para-hydroxylation sites is 1. The maximum atomic E-state index is 12.8. The van der Waals surface area contributed by atoms with Crippen molar-refractivity contribution in [1.82, 2.24) is 5.32 Å². The number of carbonyl (C=O) groups excluding carboxylic acids is 2. The SMILES string of the molecule is CC(=O)c1cccc(S(=O)(=O)Nc2ccccc2C(=O)NCc2ccccc2)c1. The highest BCUT2D eigenvalue weighted by atomic mass is 32.2. The van der Waals surface area contributed by atoms with Gasteiger partial charge in [-0.3, -0.25) is 14.3 Å². The van der Waals surface area contributed by atoms with Gasteiger partial charge >= 0.3 is 0 Å². The predicted octanol–water partition coefficient (Wildman–Crippen LogP) is 3.62. The molecule has 0 saturated carbocycles. The van der Waals surface area contributed by atoms with Crippen LogP contribution in [-0.2, 0) is 16.6 Å². The Balaban J connectivity index is 1.82. The second kappa shape index (κ2) is 8.70. The zero-order valence-corrected chi connectivity index (χ0v) is 16.6. The van der Waals surface area contributed by atoms with Crippen molar-refractivity contribution in [3.63, 3.8) is 0 Å². The molecule has 3 aromatic carbocycles. The number of nitrogens with one attached hydrogen (secondary N) is 2. The summed E-state index contributed by atoms with van der Waals surface area (Å²) in [5, 5.41) is 2.79. The van der Waals surface area contributed by atoms with Crippen molar-refractivity contribution < 1.29 is 18.0 Å². The first kappa shape index (κ1) is 20.3. The van der Waals surface area contributed by atoms with Crippen LogP contribution in [0, 0.1) is 0 Å². The summed E-state index contributed by atoms with van der Waals surface area (Å²) in [5.41, 5.74) is 1.59. The van der Waals surface area contributed by atoms with Crippen LogP contribution < -0.4 is 10.0 Å². The molecule has 0 aliphatic carbocycles. The minimum Gasteiger partial charge on any atom is -0.348 e. The molecule has 0 radical (unpaired) electrons. The molecule has 0 unspecified atom stereocenters. The number of ketones is 1. The van der Waals surface area contributed by atoms with Crippen LogP contribution in [0.25, 0.3) is 0 Å². The third-order valence-corrected chi connectivity index (χ3v) is 5.63. The minimum absolute atomic E-state index is 0.0512. The Morgan fingerprint density at radius 1 is 0.862 bits per heavy atom. The van der Waals surface area contributed by atoms with Crippen LogP contribution in [0.15, 0.2) is 83.8 Å². The van der Waals surface area contributed by atoms with E-state index in [2.05, 4.69) is 10.0 Å². The van der Waals surface area contributed by atoms with Crippen LogP contribution in [-0.4, -0.2) is 20.1 Å². The average molecular weight is 408 g/mol. The summed E-state index contributed by atoms with van der Waals surface area (Å²) >= 11 is 0. The quantitative estimate of drug-likeness (QED) is 0.584. The van der Waals surface area contributed by atoms with Crippen molar-refractivity contribution in [2.75, 3.05) is 4.72 Å². The van der Waals surface area contributed by atoms with Gasteiger partial charge in [0.25, 0.3) is 15.9 Å². The molecule has 0 spiro atoms. The summed E-state index contributed by atoms with van der Waals surface area (Å²) in [5.74, 6) is -0.632. The number of hydrogen-bond acceptors (Lipinski definition) is 4. The molecule has 2 N–H and O–H groups in total. The van der Waals surface area contributed by atoms with Crippen LogP contribution in [0.4, 0.5) is 5.69 Å². The molecular weight excluding hydrogens is 388 g/mol. The van der Waals surface area contributed by atoms with E-state index in [0.717, 1.165) is 5.56 Å². The van der Waals surface area contributed by atoms with Gasteiger partial charge in [-0.2, -0.15) is 0 Å². The lowest BCUT2D eigenvalue weighted by atomic mass is 10.1. The summed E-state index contributed by atoms with van der Waals surface area (Å²) in [6, 6.07) is 21.5. The summed E-state index contributed by atoms with van der Waals surface area (Å²) < 4.78 is 28.0. The monoisotopic (exact) mass is 408 g/mol. The second-order valence-corrected chi connectivity index (χ2v) is 8.09. The van der Waals surface area contributed by atoms with Crippen LogP contribution >= 0.6 is 0 Å². The highest BCUT2D eigenvalue weighted by Crippen LogP contribution is 2.21. The van der Waals surface area contributed by atoms with Crippen LogP contribution in [0.2, 0.25) is 0 Å². The van der Waals surface area contributed by atoms with Gasteiger partial charge in [-0.1, -0.05) is 54.6 Å². The van der Waals surface area contributed by atoms with Crippen LogP contribution in [0.5, 0.6) is 0 Å². The molecule has 0 aliphatic rings. The molecule has 6 nitrogen and oxygen atoms in total. The first-order chi connectivity index (χ1) is 13.9. The van der Waals surface area contributed by atoms with E-state index in [4.69, 9.17) is 0 Å². The van der Waals surface area contributed by atoms with Crippen LogP contribution in [0.1, 0.15) is 33.2 Å². The number of amides is 1. The second-order valence-electron chi connectivity index (χ2n) is 6.40. The van der Waals surface area contributed by atoms with E-state index in [1.165, 1.54) is 31.2 Å². The van der Waals surface area contributed by atoms with Crippen molar-refractivity contribution in [3.05, 3.63) is 95.6 Å². The normalized spacial score (nSPS) is 10.9. The first-order valence-electron chi connectivity index (χ1n) is 8.92. The van der Waals surface area contributed by atoms with Crippen molar-refractivity contribution >= 4 is 27.4 Å². The van der Waals surface area contributed by atoms with Crippen LogP contribution in [0.3, 0.4) is 0 Å². The smallest absolute Gasteiger partial charge is 0.261 e. The number of anilines is 1. The summed E-state index contributed by atoms with van der Waals surface area (Å²) in [4.78, 5) is 24.1. The van der Waals surface area contributed by atoms with Gasteiger partial charge in [-0.05, 0) is 36.8 Å². The molecule has 0 aromatic heterocycles. The maximum Gasteiger partial charge on any atom is 0.261 e. The van der Waals surface area contributed by atoms with E-state index in [0.29, 0.717) is 12.1 Å². The molecule has 7 heteroatoms. The summed E-state index contributed by atoms with van der Waals surface area (Å²) in [6.45, 7) is 1.69. The lowest BCUT2D eigenvalue weighted by Gasteiger charge is -2.13. The third-order valence-electron chi connectivity index (χ3n) is 4.26. The Morgan fingerprint density at radius 2 is 1.55 bits per heavy atom. The van der Waals surface area contributed by atoms with E-state index < -0.39 is 15.9 Å². The van der Waals surface area contributed by atoms with Gasteiger partial charge in [-0.15, -0.1) is 0 Å². The predicted molar refractivity (Wildman–Crippen MR) is 111 cm³/mol. The average Bonchev–Trinajstić information content (AvgIpc) is 2.73. The molecule has 3 rings (SSSR count). The van der Waals surface area contributed by atoms with Gasteiger partial charge in [0, 0.05) is 12.1 Å². The van der Waals surface area contributed by atoms with Crippen molar-refractivity contribution in [1.29, 1.82) is 0 Å². The van der Waals surface area contributed by atoms with E-state index in [1.807, 2.05) is 30.3 Å². The molecule has 3 aromatic rings. The zero-order valence-electron chi connectivity index (χ0n) is 15.8. The molecule has 29 heavy (non-hydrogen) atoms. The minimum atomic E-state index is -3.97. The van der Waals surface area contributed by atoms with E-state index in [9.17, 15) is 18.0 Å². The highest BCUT2D eigenvalue weighted by Gasteiger charge is 2.19. The van der Waals surface area contributed by atoms with Gasteiger partial charge in [-0.25, -0.2) is 8.42 Å². The Kier molecular flexibility index (Phi) is 6.09. The van der Waals surface area contributed by atoms with E-state index in [-0.39, 0.29) is 21.9 Å². The number of Topliss-reactive ketones (excluding diaryl/α,β-unsaturated/α-hetero) is 1. The Hall–Kier alpha value is -3.45. The fourth-order valence-corrected chi connectivity index (χ4v) is 3.85.